The summed E-state index contributed by atoms with van der Waals surface area (Å²) in [5.41, 5.74) is 5.00. The van der Waals surface area contributed by atoms with E-state index in [9.17, 15) is 14.9 Å². The molecule has 110 valence electrons. The quantitative estimate of drug-likeness (QED) is 0.722. The average Bonchev–Trinajstić information content (AvgIpc) is 2.46. The number of allylic oxidation sites excluding steroid dienone is 1. The summed E-state index contributed by atoms with van der Waals surface area (Å²) in [5, 5.41) is 9.73. The van der Waals surface area contributed by atoms with Crippen LogP contribution in [0.1, 0.15) is 17.0 Å². The van der Waals surface area contributed by atoms with Gasteiger partial charge in [0, 0.05) is 5.02 Å². The first kappa shape index (κ1) is 14.0. The number of nitrogens with two attached hydrogens (primary N) is 1. The number of hydrogen-bond acceptors (Lipinski definition) is 5. The maximum Gasteiger partial charge on any atom is 0.328 e. The van der Waals surface area contributed by atoms with Crippen LogP contribution in [0.25, 0.3) is 0 Å². The van der Waals surface area contributed by atoms with Crippen LogP contribution in [0, 0.1) is 11.3 Å². The zero-order valence-corrected chi connectivity index (χ0v) is 11.8. The number of fused-ring (bicyclic) bond motifs is 1. The maximum atomic E-state index is 12.2. The lowest BCUT2D eigenvalue weighted by atomic mass is 9.85. The SMILES string of the molecule is N#CC1=C(N)Oc2[nH]c(=O)[nH]c(=O)c2[C@H]1c1ccccc1Cl. The van der Waals surface area contributed by atoms with Crippen molar-refractivity contribution in [1.29, 1.82) is 5.26 Å². The molecule has 0 radical (unpaired) electrons. The molecule has 1 aliphatic heterocycles. The van der Waals surface area contributed by atoms with Gasteiger partial charge in [0.1, 0.15) is 11.6 Å². The third kappa shape index (κ3) is 2.06. The molecule has 0 aliphatic carbocycles. The van der Waals surface area contributed by atoms with Crippen LogP contribution in [0.5, 0.6) is 5.88 Å². The monoisotopic (exact) mass is 316 g/mol. The lowest BCUT2D eigenvalue weighted by Gasteiger charge is -2.25. The fourth-order valence-corrected chi connectivity index (χ4v) is 2.65. The summed E-state index contributed by atoms with van der Waals surface area (Å²) in [5.74, 6) is -1.08. The smallest absolute Gasteiger partial charge is 0.328 e. The van der Waals surface area contributed by atoms with Crippen molar-refractivity contribution in [3.05, 3.63) is 72.7 Å². The first-order valence-electron chi connectivity index (χ1n) is 6.21. The standard InChI is InChI=1S/C14H9ClN4O3/c15-8-4-2-1-3-6(8)9-7(5-16)11(17)22-13-10(9)12(20)18-14(21)19-13/h1-4,9H,17H2,(H2,18,19,20,21)/t9-/m0/s1. The van der Waals surface area contributed by atoms with E-state index in [2.05, 4.69) is 9.97 Å². The lowest BCUT2D eigenvalue weighted by Crippen LogP contribution is -2.33. The summed E-state index contributed by atoms with van der Waals surface area (Å²) >= 11 is 6.18. The van der Waals surface area contributed by atoms with E-state index in [1.54, 1.807) is 24.3 Å². The van der Waals surface area contributed by atoms with Crippen molar-refractivity contribution in [3.63, 3.8) is 0 Å². The van der Waals surface area contributed by atoms with Crippen molar-refractivity contribution in [3.8, 4) is 11.9 Å². The number of aromatic amines is 2. The summed E-state index contributed by atoms with van der Waals surface area (Å²) in [6, 6.07) is 8.70. The molecule has 1 aromatic heterocycles. The number of nitriles is 1. The van der Waals surface area contributed by atoms with Gasteiger partial charge < -0.3 is 10.5 Å². The van der Waals surface area contributed by atoms with E-state index in [0.717, 1.165) is 0 Å². The summed E-state index contributed by atoms with van der Waals surface area (Å²) < 4.78 is 5.20. The van der Waals surface area contributed by atoms with Crippen LogP contribution < -0.4 is 21.7 Å². The molecule has 0 unspecified atom stereocenters. The second-order valence-corrected chi connectivity index (χ2v) is 5.00. The molecule has 0 fully saturated rings. The van der Waals surface area contributed by atoms with Crippen molar-refractivity contribution in [2.24, 2.45) is 5.73 Å². The van der Waals surface area contributed by atoms with Gasteiger partial charge in [-0.25, -0.2) is 4.79 Å². The van der Waals surface area contributed by atoms with Crippen LogP contribution in [-0.4, -0.2) is 9.97 Å². The minimum atomic E-state index is -0.817. The Labute approximate surface area is 128 Å². The van der Waals surface area contributed by atoms with Crippen molar-refractivity contribution >= 4 is 11.6 Å². The predicted octanol–water partition coefficient (Wildman–Crippen LogP) is 0.935. The highest BCUT2D eigenvalue weighted by Gasteiger charge is 2.34. The van der Waals surface area contributed by atoms with Crippen molar-refractivity contribution < 1.29 is 4.74 Å². The van der Waals surface area contributed by atoms with Crippen LogP contribution in [0.4, 0.5) is 0 Å². The van der Waals surface area contributed by atoms with Crippen molar-refractivity contribution in [2.75, 3.05) is 0 Å². The maximum absolute atomic E-state index is 12.2. The van der Waals surface area contributed by atoms with Crippen LogP contribution in [0.3, 0.4) is 0 Å². The number of aromatic nitrogens is 2. The van der Waals surface area contributed by atoms with Gasteiger partial charge in [0.2, 0.25) is 11.8 Å². The van der Waals surface area contributed by atoms with Gasteiger partial charge in [0.15, 0.2) is 0 Å². The van der Waals surface area contributed by atoms with E-state index in [0.29, 0.717) is 10.6 Å². The first-order chi connectivity index (χ1) is 10.5. The molecule has 0 bridgehead atoms. The van der Waals surface area contributed by atoms with Crippen molar-refractivity contribution in [1.82, 2.24) is 9.97 Å². The Hall–Kier alpha value is -2.98. The van der Waals surface area contributed by atoms with Crippen molar-refractivity contribution in [2.45, 2.75) is 5.92 Å². The number of nitrogens with one attached hydrogen (secondary N) is 2. The molecule has 3 rings (SSSR count). The Bertz CT molecular complexity index is 952. The molecule has 22 heavy (non-hydrogen) atoms. The van der Waals surface area contributed by atoms with Crippen LogP contribution >= 0.6 is 11.6 Å². The fraction of sp³-hybridized carbons (Fsp3) is 0.0714. The molecule has 2 aromatic rings. The Kier molecular flexibility index (Phi) is 3.23. The third-order valence-electron chi connectivity index (χ3n) is 3.33. The average molecular weight is 317 g/mol. The zero-order valence-electron chi connectivity index (χ0n) is 11.0. The van der Waals surface area contributed by atoms with Gasteiger partial charge in [-0.15, -0.1) is 0 Å². The van der Waals surface area contributed by atoms with Crippen LogP contribution in [0.15, 0.2) is 45.3 Å². The molecule has 0 saturated heterocycles. The highest BCUT2D eigenvalue weighted by Crippen LogP contribution is 2.40. The largest absolute Gasteiger partial charge is 0.424 e. The molecule has 1 aromatic carbocycles. The summed E-state index contributed by atoms with van der Waals surface area (Å²) in [4.78, 5) is 28.0. The summed E-state index contributed by atoms with van der Waals surface area (Å²) in [6.45, 7) is 0. The number of H-pyrrole nitrogens is 2. The minimum Gasteiger partial charge on any atom is -0.424 e. The third-order valence-corrected chi connectivity index (χ3v) is 3.68. The molecule has 2 heterocycles. The lowest BCUT2D eigenvalue weighted by molar-refractivity contribution is 0.373. The van der Waals surface area contributed by atoms with Crippen LogP contribution in [0.2, 0.25) is 5.02 Å². The number of nitrogens with zero attached hydrogens (tertiary/aromatic N) is 1. The number of ether oxygens (including phenoxy) is 1. The molecule has 0 amide bonds. The first-order valence-corrected chi connectivity index (χ1v) is 6.59. The predicted molar refractivity (Wildman–Crippen MR) is 78.4 cm³/mol. The van der Waals surface area contributed by atoms with E-state index >= 15 is 0 Å². The van der Waals surface area contributed by atoms with Gasteiger partial charge in [-0.1, -0.05) is 29.8 Å². The van der Waals surface area contributed by atoms with Gasteiger partial charge in [-0.05, 0) is 11.6 Å². The molecule has 8 heteroatoms. The van der Waals surface area contributed by atoms with Gasteiger partial charge in [-0.3, -0.25) is 14.8 Å². The second-order valence-electron chi connectivity index (χ2n) is 4.60. The van der Waals surface area contributed by atoms with E-state index in [-0.39, 0.29) is 22.9 Å². The summed E-state index contributed by atoms with van der Waals surface area (Å²) in [7, 11) is 0. The Balaban J connectivity index is 2.38. The van der Waals surface area contributed by atoms with Crippen LogP contribution in [-0.2, 0) is 0 Å². The van der Waals surface area contributed by atoms with E-state index in [1.165, 1.54) is 0 Å². The molecule has 0 saturated carbocycles. The van der Waals surface area contributed by atoms with Gasteiger partial charge in [0.05, 0.1) is 11.5 Å². The molecule has 4 N–H and O–H groups in total. The topological polar surface area (TPSA) is 125 Å². The number of hydrogen-bond donors (Lipinski definition) is 3. The fourth-order valence-electron chi connectivity index (χ4n) is 2.41. The van der Waals surface area contributed by atoms with E-state index < -0.39 is 17.2 Å². The Morgan fingerprint density at radius 3 is 2.68 bits per heavy atom. The Morgan fingerprint density at radius 2 is 2.00 bits per heavy atom. The number of halogens is 1. The molecular formula is C14H9ClN4O3. The molecular weight excluding hydrogens is 308 g/mol. The normalized spacial score (nSPS) is 16.6. The molecule has 1 aliphatic rings. The highest BCUT2D eigenvalue weighted by atomic mass is 35.5. The Morgan fingerprint density at radius 1 is 1.27 bits per heavy atom. The molecule has 1 atom stereocenters. The highest BCUT2D eigenvalue weighted by molar-refractivity contribution is 6.31. The zero-order chi connectivity index (χ0) is 15.9. The molecule has 0 spiro atoms. The van der Waals surface area contributed by atoms with Gasteiger partial charge in [-0.2, -0.15) is 5.26 Å². The van der Waals surface area contributed by atoms with Gasteiger partial charge >= 0.3 is 5.69 Å². The number of benzene rings is 1. The summed E-state index contributed by atoms with van der Waals surface area (Å²) in [6.07, 6.45) is 0. The number of rotatable bonds is 1. The second kappa shape index (κ2) is 5.09. The molecule has 7 nitrogen and oxygen atoms in total. The van der Waals surface area contributed by atoms with E-state index in [1.807, 2.05) is 6.07 Å². The minimum absolute atomic E-state index is 0.0538. The van der Waals surface area contributed by atoms with E-state index in [4.69, 9.17) is 22.1 Å². The van der Waals surface area contributed by atoms with Gasteiger partial charge in [0.25, 0.3) is 5.56 Å².